The Morgan fingerprint density at radius 2 is 1.90 bits per heavy atom. The van der Waals surface area contributed by atoms with Crippen LogP contribution in [-0.2, 0) is 0 Å². The molecule has 2 nitrogen and oxygen atoms in total. The third kappa shape index (κ3) is 2.15. The largest absolute Gasteiger partial charge is 0.315 e. The Labute approximate surface area is 68.2 Å². The summed E-state index contributed by atoms with van der Waals surface area (Å²) in [4.78, 5) is 2.32. The van der Waals surface area contributed by atoms with E-state index in [1.807, 2.05) is 0 Å². The van der Waals surface area contributed by atoms with Crippen LogP contribution in [0.15, 0.2) is 0 Å². The molecular formula is C7H16N2S. The van der Waals surface area contributed by atoms with Crippen LogP contribution in [0.25, 0.3) is 0 Å². The van der Waals surface area contributed by atoms with E-state index in [4.69, 9.17) is 5.73 Å². The Bertz CT molecular complexity index is 91.6. The predicted molar refractivity (Wildman–Crippen MR) is 47.3 cm³/mol. The van der Waals surface area contributed by atoms with Gasteiger partial charge in [-0.3, -0.25) is 4.90 Å². The van der Waals surface area contributed by atoms with E-state index in [9.17, 15) is 0 Å². The highest BCUT2D eigenvalue weighted by Crippen LogP contribution is 2.09. The smallest absolute Gasteiger partial charge is 0.0662 e. The van der Waals surface area contributed by atoms with Crippen molar-refractivity contribution in [2.45, 2.75) is 25.4 Å². The first-order chi connectivity index (χ1) is 4.84. The van der Waals surface area contributed by atoms with Gasteiger partial charge in [0.15, 0.2) is 0 Å². The fourth-order valence-corrected chi connectivity index (χ4v) is 1.60. The summed E-state index contributed by atoms with van der Waals surface area (Å²) in [6.07, 6.45) is 4.17. The molecule has 1 fully saturated rings. The first kappa shape index (κ1) is 8.37. The van der Waals surface area contributed by atoms with E-state index >= 15 is 0 Å². The van der Waals surface area contributed by atoms with Crippen LogP contribution in [0.5, 0.6) is 0 Å². The fourth-order valence-electron chi connectivity index (χ4n) is 1.37. The van der Waals surface area contributed by atoms with E-state index in [1.54, 1.807) is 0 Å². The van der Waals surface area contributed by atoms with Crippen LogP contribution in [0.1, 0.15) is 19.3 Å². The number of nitrogens with zero attached hydrogens (tertiary/aromatic N) is 1. The van der Waals surface area contributed by atoms with Gasteiger partial charge >= 0.3 is 0 Å². The summed E-state index contributed by atoms with van der Waals surface area (Å²) in [5.74, 6) is 0.778. The Hall–Kier alpha value is 0.270. The Morgan fingerprint density at radius 3 is 2.40 bits per heavy atom. The van der Waals surface area contributed by atoms with Gasteiger partial charge in [-0.15, -0.1) is 0 Å². The average Bonchev–Trinajstić information content (AvgIpc) is 2.05. The van der Waals surface area contributed by atoms with Gasteiger partial charge in [0.2, 0.25) is 0 Å². The SMILES string of the molecule is NC(CS)N1CCCCC1. The summed E-state index contributed by atoms with van der Waals surface area (Å²) >= 11 is 4.16. The van der Waals surface area contributed by atoms with Crippen molar-refractivity contribution < 1.29 is 0 Å². The summed E-state index contributed by atoms with van der Waals surface area (Å²) < 4.78 is 0. The lowest BCUT2D eigenvalue weighted by atomic mass is 10.1. The summed E-state index contributed by atoms with van der Waals surface area (Å²) in [5.41, 5.74) is 5.80. The third-order valence-corrected chi connectivity index (χ3v) is 2.42. The van der Waals surface area contributed by atoms with Crippen LogP contribution < -0.4 is 5.73 Å². The Kier molecular flexibility index (Phi) is 3.52. The monoisotopic (exact) mass is 160 g/mol. The van der Waals surface area contributed by atoms with Gasteiger partial charge < -0.3 is 5.73 Å². The van der Waals surface area contributed by atoms with E-state index in [0.717, 1.165) is 5.75 Å². The van der Waals surface area contributed by atoms with Crippen LogP contribution in [-0.4, -0.2) is 29.9 Å². The minimum atomic E-state index is 0.184. The maximum atomic E-state index is 5.80. The van der Waals surface area contributed by atoms with Crippen molar-refractivity contribution in [3.8, 4) is 0 Å². The molecule has 0 saturated carbocycles. The zero-order valence-electron chi connectivity index (χ0n) is 6.29. The van der Waals surface area contributed by atoms with Crippen LogP contribution in [0, 0.1) is 0 Å². The molecule has 1 aliphatic rings. The van der Waals surface area contributed by atoms with Crippen molar-refractivity contribution in [3.05, 3.63) is 0 Å². The maximum Gasteiger partial charge on any atom is 0.0662 e. The molecular weight excluding hydrogens is 144 g/mol. The molecule has 0 radical (unpaired) electrons. The van der Waals surface area contributed by atoms with Crippen LogP contribution in [0.4, 0.5) is 0 Å². The van der Waals surface area contributed by atoms with Crippen LogP contribution in [0.3, 0.4) is 0 Å². The van der Waals surface area contributed by atoms with Gasteiger partial charge in [-0.2, -0.15) is 12.6 Å². The van der Waals surface area contributed by atoms with Gasteiger partial charge in [0, 0.05) is 5.75 Å². The fraction of sp³-hybridized carbons (Fsp3) is 1.00. The lowest BCUT2D eigenvalue weighted by Crippen LogP contribution is -2.45. The molecule has 0 aliphatic carbocycles. The van der Waals surface area contributed by atoms with E-state index in [1.165, 1.54) is 32.4 Å². The summed E-state index contributed by atoms with van der Waals surface area (Å²) in [6.45, 7) is 2.34. The summed E-state index contributed by atoms with van der Waals surface area (Å²) in [7, 11) is 0. The molecule has 1 unspecified atom stereocenters. The average molecular weight is 160 g/mol. The lowest BCUT2D eigenvalue weighted by Gasteiger charge is -2.30. The minimum absolute atomic E-state index is 0.184. The second-order valence-electron chi connectivity index (χ2n) is 2.85. The van der Waals surface area contributed by atoms with E-state index in [2.05, 4.69) is 17.5 Å². The normalized spacial score (nSPS) is 24.6. The molecule has 0 amide bonds. The molecule has 0 spiro atoms. The molecule has 1 aliphatic heterocycles. The number of thiol groups is 1. The topological polar surface area (TPSA) is 29.3 Å². The highest BCUT2D eigenvalue weighted by Gasteiger charge is 2.14. The quantitative estimate of drug-likeness (QED) is 0.582. The molecule has 0 aromatic carbocycles. The summed E-state index contributed by atoms with van der Waals surface area (Å²) in [6, 6.07) is 0. The first-order valence-electron chi connectivity index (χ1n) is 3.95. The molecule has 2 N–H and O–H groups in total. The number of hydrogen-bond donors (Lipinski definition) is 2. The van der Waals surface area contributed by atoms with Gasteiger partial charge in [-0.1, -0.05) is 6.42 Å². The Balaban J connectivity index is 2.24. The molecule has 0 bridgehead atoms. The molecule has 1 saturated heterocycles. The molecule has 1 rings (SSSR count). The van der Waals surface area contributed by atoms with Gasteiger partial charge in [0.05, 0.1) is 6.17 Å². The zero-order valence-corrected chi connectivity index (χ0v) is 7.19. The second-order valence-corrected chi connectivity index (χ2v) is 3.21. The first-order valence-corrected chi connectivity index (χ1v) is 4.58. The Morgan fingerprint density at radius 1 is 1.30 bits per heavy atom. The van der Waals surface area contributed by atoms with Crippen molar-refractivity contribution in [1.82, 2.24) is 4.90 Å². The number of hydrogen-bond acceptors (Lipinski definition) is 3. The van der Waals surface area contributed by atoms with Crippen LogP contribution >= 0.6 is 12.6 Å². The minimum Gasteiger partial charge on any atom is -0.315 e. The molecule has 0 aromatic heterocycles. The molecule has 3 heteroatoms. The molecule has 1 atom stereocenters. The zero-order chi connectivity index (χ0) is 7.40. The van der Waals surface area contributed by atoms with E-state index in [-0.39, 0.29) is 6.17 Å². The molecule has 10 heavy (non-hydrogen) atoms. The second kappa shape index (κ2) is 4.21. The van der Waals surface area contributed by atoms with Crippen molar-refractivity contribution in [3.63, 3.8) is 0 Å². The van der Waals surface area contributed by atoms with Gasteiger partial charge in [0.25, 0.3) is 0 Å². The predicted octanol–water partition coefficient (Wildman–Crippen LogP) is 0.687. The van der Waals surface area contributed by atoms with Crippen LogP contribution in [0.2, 0.25) is 0 Å². The number of rotatable bonds is 2. The van der Waals surface area contributed by atoms with Crippen molar-refractivity contribution in [2.24, 2.45) is 5.73 Å². The van der Waals surface area contributed by atoms with Gasteiger partial charge in [0.1, 0.15) is 0 Å². The molecule has 1 heterocycles. The number of nitrogens with two attached hydrogens (primary N) is 1. The molecule has 60 valence electrons. The molecule has 0 aromatic rings. The van der Waals surface area contributed by atoms with Crippen molar-refractivity contribution in [1.29, 1.82) is 0 Å². The highest BCUT2D eigenvalue weighted by molar-refractivity contribution is 7.80. The van der Waals surface area contributed by atoms with Gasteiger partial charge in [-0.05, 0) is 25.9 Å². The third-order valence-electron chi connectivity index (χ3n) is 2.05. The number of likely N-dealkylation sites (tertiary alicyclic amines) is 1. The van der Waals surface area contributed by atoms with Crippen molar-refractivity contribution in [2.75, 3.05) is 18.8 Å². The van der Waals surface area contributed by atoms with E-state index < -0.39 is 0 Å². The standard InChI is InChI=1S/C7H16N2S/c8-7(6-10)9-4-2-1-3-5-9/h7,10H,1-6,8H2. The lowest BCUT2D eigenvalue weighted by molar-refractivity contribution is 0.180. The van der Waals surface area contributed by atoms with Gasteiger partial charge in [-0.25, -0.2) is 0 Å². The maximum absolute atomic E-state index is 5.80. The summed E-state index contributed by atoms with van der Waals surface area (Å²) in [5, 5.41) is 0. The number of piperidine rings is 1. The van der Waals surface area contributed by atoms with Crippen molar-refractivity contribution >= 4 is 12.6 Å². The highest BCUT2D eigenvalue weighted by atomic mass is 32.1. The van der Waals surface area contributed by atoms with E-state index in [0.29, 0.717) is 0 Å².